The highest BCUT2D eigenvalue weighted by atomic mass is 16.5. The van der Waals surface area contributed by atoms with E-state index in [9.17, 15) is 0 Å². The number of aryl methyl sites for hydroxylation is 2. The first-order valence-electron chi connectivity index (χ1n) is 16.8. The van der Waals surface area contributed by atoms with E-state index in [1.54, 1.807) is 0 Å². The first-order valence-corrected chi connectivity index (χ1v) is 16.8. The van der Waals surface area contributed by atoms with Crippen molar-refractivity contribution in [3.63, 3.8) is 0 Å². The van der Waals surface area contributed by atoms with Crippen molar-refractivity contribution in [3.8, 4) is 34.1 Å². The molecule has 0 saturated carbocycles. The Morgan fingerprint density at radius 2 is 1.46 bits per heavy atom. The van der Waals surface area contributed by atoms with Crippen LogP contribution in [0.1, 0.15) is 73.9 Å². The number of benzene rings is 4. The SMILES string of the molecule is Cc1cc(C)c(C)c(-c2cnn(-c3cc(Oc4ccc5c6ccccc6n(-c6cc(C(C)(C)C)ccn6)c5c4)cc(C(C)C)c3)c2)c1C. The average Bonchev–Trinajstić information content (AvgIpc) is 3.67. The quantitative estimate of drug-likeness (QED) is 0.183. The zero-order chi connectivity index (χ0) is 33.9. The van der Waals surface area contributed by atoms with Crippen LogP contribution >= 0.6 is 0 Å². The monoisotopic (exact) mass is 632 g/mol. The van der Waals surface area contributed by atoms with Crippen LogP contribution in [0.3, 0.4) is 0 Å². The highest BCUT2D eigenvalue weighted by Crippen LogP contribution is 2.37. The summed E-state index contributed by atoms with van der Waals surface area (Å²) in [4.78, 5) is 4.84. The van der Waals surface area contributed by atoms with Gasteiger partial charge in [-0.3, -0.25) is 4.57 Å². The summed E-state index contributed by atoms with van der Waals surface area (Å²) in [6.45, 7) is 19.9. The summed E-state index contributed by atoms with van der Waals surface area (Å²) in [6.07, 6.45) is 6.03. The van der Waals surface area contributed by atoms with Crippen molar-refractivity contribution in [2.24, 2.45) is 0 Å². The highest BCUT2D eigenvalue weighted by Gasteiger charge is 2.19. The van der Waals surface area contributed by atoms with E-state index in [2.05, 4.69) is 152 Å². The van der Waals surface area contributed by atoms with E-state index in [-0.39, 0.29) is 5.41 Å². The third-order valence-corrected chi connectivity index (χ3v) is 9.80. The van der Waals surface area contributed by atoms with Gasteiger partial charge in [0.25, 0.3) is 0 Å². The van der Waals surface area contributed by atoms with Crippen molar-refractivity contribution < 1.29 is 4.74 Å². The molecule has 0 radical (unpaired) electrons. The molecule has 242 valence electrons. The fraction of sp³-hybridized carbons (Fsp3) is 0.256. The van der Waals surface area contributed by atoms with Crippen LogP contribution in [0.4, 0.5) is 0 Å². The normalized spacial score (nSPS) is 12.0. The van der Waals surface area contributed by atoms with Crippen molar-refractivity contribution in [1.29, 1.82) is 0 Å². The van der Waals surface area contributed by atoms with Gasteiger partial charge in [0, 0.05) is 40.9 Å². The minimum absolute atomic E-state index is 0.00976. The van der Waals surface area contributed by atoms with E-state index >= 15 is 0 Å². The highest BCUT2D eigenvalue weighted by molar-refractivity contribution is 6.09. The van der Waals surface area contributed by atoms with Gasteiger partial charge in [0.15, 0.2) is 0 Å². The molecule has 48 heavy (non-hydrogen) atoms. The Morgan fingerprint density at radius 3 is 2.19 bits per heavy atom. The maximum Gasteiger partial charge on any atom is 0.137 e. The van der Waals surface area contributed by atoms with Gasteiger partial charge in [0.05, 0.1) is 22.9 Å². The lowest BCUT2D eigenvalue weighted by Crippen LogP contribution is -2.12. The third-order valence-electron chi connectivity index (χ3n) is 9.80. The molecule has 0 unspecified atom stereocenters. The van der Waals surface area contributed by atoms with Crippen LogP contribution in [0.2, 0.25) is 0 Å². The van der Waals surface area contributed by atoms with E-state index in [0.717, 1.165) is 39.6 Å². The van der Waals surface area contributed by atoms with Gasteiger partial charge in [0.1, 0.15) is 17.3 Å². The lowest BCUT2D eigenvalue weighted by molar-refractivity contribution is 0.481. The summed E-state index contributed by atoms with van der Waals surface area (Å²) < 4.78 is 10.9. The molecule has 0 aliphatic heterocycles. The number of pyridine rings is 1. The minimum Gasteiger partial charge on any atom is -0.457 e. The van der Waals surface area contributed by atoms with E-state index < -0.39 is 0 Å². The van der Waals surface area contributed by atoms with Gasteiger partial charge < -0.3 is 4.74 Å². The molecule has 0 atom stereocenters. The molecule has 0 spiro atoms. The summed E-state index contributed by atoms with van der Waals surface area (Å²) in [5.41, 5.74) is 13.2. The molecule has 0 saturated heterocycles. The minimum atomic E-state index is 0.00976. The molecule has 0 amide bonds. The molecule has 7 rings (SSSR count). The van der Waals surface area contributed by atoms with Crippen molar-refractivity contribution in [2.45, 2.75) is 73.6 Å². The van der Waals surface area contributed by atoms with Crippen LogP contribution in [0, 0.1) is 27.7 Å². The standard InChI is InChI=1S/C43H44N4O/c1-26(2)31-19-34(46-25-32(24-45-46)42-29(5)27(3)18-28(4)30(42)6)22-36(20-31)48-35-14-15-38-37-12-10-11-13-39(37)47(40(38)23-35)41-21-33(16-17-44-41)43(7,8)9/h10-26H,1-9H3. The second-order valence-electron chi connectivity index (χ2n) is 14.5. The van der Waals surface area contributed by atoms with Crippen LogP contribution in [-0.4, -0.2) is 19.3 Å². The predicted molar refractivity (Wildman–Crippen MR) is 199 cm³/mol. The molecule has 0 fully saturated rings. The summed E-state index contributed by atoms with van der Waals surface area (Å²) in [7, 11) is 0. The van der Waals surface area contributed by atoms with Gasteiger partial charge in [-0.25, -0.2) is 9.67 Å². The lowest BCUT2D eigenvalue weighted by Gasteiger charge is -2.20. The van der Waals surface area contributed by atoms with Crippen molar-refractivity contribution >= 4 is 21.8 Å². The van der Waals surface area contributed by atoms with Crippen LogP contribution in [-0.2, 0) is 5.41 Å². The molecule has 0 aliphatic rings. The Hall–Kier alpha value is -5.16. The first kappa shape index (κ1) is 31.4. The Kier molecular flexibility index (Phi) is 7.74. The largest absolute Gasteiger partial charge is 0.457 e. The smallest absolute Gasteiger partial charge is 0.137 e. The molecular formula is C43H44N4O. The Morgan fingerprint density at radius 1 is 0.729 bits per heavy atom. The van der Waals surface area contributed by atoms with E-state index in [4.69, 9.17) is 14.8 Å². The number of rotatable bonds is 6. The van der Waals surface area contributed by atoms with Gasteiger partial charge in [-0.05, 0) is 120 Å². The fourth-order valence-corrected chi connectivity index (χ4v) is 6.78. The molecule has 3 aromatic heterocycles. The third kappa shape index (κ3) is 5.57. The first-order chi connectivity index (χ1) is 22.9. The summed E-state index contributed by atoms with van der Waals surface area (Å²) >= 11 is 0. The van der Waals surface area contributed by atoms with Crippen LogP contribution in [0.15, 0.2) is 97.5 Å². The molecule has 5 nitrogen and oxygen atoms in total. The lowest BCUT2D eigenvalue weighted by atomic mass is 9.88. The van der Waals surface area contributed by atoms with Crippen LogP contribution in [0.5, 0.6) is 11.5 Å². The maximum atomic E-state index is 6.69. The fourth-order valence-electron chi connectivity index (χ4n) is 6.78. The van der Waals surface area contributed by atoms with Gasteiger partial charge in [-0.2, -0.15) is 5.10 Å². The van der Waals surface area contributed by atoms with Crippen LogP contribution < -0.4 is 4.74 Å². The predicted octanol–water partition coefficient (Wildman–Crippen LogP) is 11.5. The van der Waals surface area contributed by atoms with Gasteiger partial charge >= 0.3 is 0 Å². The number of fused-ring (bicyclic) bond motifs is 3. The van der Waals surface area contributed by atoms with Gasteiger partial charge in [-0.15, -0.1) is 0 Å². The number of hydrogen-bond acceptors (Lipinski definition) is 3. The maximum absolute atomic E-state index is 6.69. The molecule has 4 aromatic carbocycles. The second-order valence-corrected chi connectivity index (χ2v) is 14.5. The summed E-state index contributed by atoms with van der Waals surface area (Å²) in [6, 6.07) is 27.9. The molecule has 0 N–H and O–H groups in total. The molecule has 3 heterocycles. The number of nitrogens with zero attached hydrogens (tertiary/aromatic N) is 4. The molecular weight excluding hydrogens is 589 g/mol. The molecule has 0 aliphatic carbocycles. The number of hydrogen-bond donors (Lipinski definition) is 0. The second kappa shape index (κ2) is 11.8. The molecule has 0 bridgehead atoms. The Labute approximate surface area is 283 Å². The van der Waals surface area contributed by atoms with Crippen molar-refractivity contribution in [2.75, 3.05) is 0 Å². The number of para-hydroxylation sites is 1. The topological polar surface area (TPSA) is 44.9 Å². The molecule has 5 heteroatoms. The number of ether oxygens (including phenoxy) is 1. The van der Waals surface area contributed by atoms with E-state index in [1.807, 2.05) is 17.1 Å². The van der Waals surface area contributed by atoms with E-state index in [0.29, 0.717) is 5.92 Å². The summed E-state index contributed by atoms with van der Waals surface area (Å²) in [5, 5.41) is 7.19. The van der Waals surface area contributed by atoms with Crippen molar-refractivity contribution in [1.82, 2.24) is 19.3 Å². The van der Waals surface area contributed by atoms with Crippen molar-refractivity contribution in [3.05, 3.63) is 131 Å². The Bertz CT molecular complexity index is 2300. The number of aromatic nitrogens is 4. The van der Waals surface area contributed by atoms with E-state index in [1.165, 1.54) is 49.7 Å². The average molecular weight is 633 g/mol. The Balaban J connectivity index is 1.31. The van der Waals surface area contributed by atoms with Gasteiger partial charge in [-0.1, -0.05) is 58.9 Å². The van der Waals surface area contributed by atoms with Gasteiger partial charge in [0.2, 0.25) is 0 Å². The van der Waals surface area contributed by atoms with Crippen LogP contribution in [0.25, 0.3) is 44.4 Å². The zero-order valence-electron chi connectivity index (χ0n) is 29.5. The molecule has 7 aromatic rings. The zero-order valence-corrected chi connectivity index (χ0v) is 29.5. The summed E-state index contributed by atoms with van der Waals surface area (Å²) in [5.74, 6) is 2.77.